The predicted molar refractivity (Wildman–Crippen MR) is 62.4 cm³/mol. The van der Waals surface area contributed by atoms with Gasteiger partial charge in [-0.3, -0.25) is 4.79 Å². The maximum Gasteiger partial charge on any atom is 0.321 e. The van der Waals surface area contributed by atoms with E-state index in [2.05, 4.69) is 0 Å². The molecule has 16 heavy (non-hydrogen) atoms. The molecular weight excluding hydrogens is 228 g/mol. The van der Waals surface area contributed by atoms with Crippen LogP contribution in [0.3, 0.4) is 0 Å². The van der Waals surface area contributed by atoms with E-state index in [4.69, 9.17) is 10.2 Å². The lowest BCUT2D eigenvalue weighted by Crippen LogP contribution is -2.18. The molecule has 0 aromatic heterocycles. The molecule has 0 saturated heterocycles. The molecule has 4 nitrogen and oxygen atoms in total. The summed E-state index contributed by atoms with van der Waals surface area (Å²) in [6.45, 7) is -0.353. The van der Waals surface area contributed by atoms with Crippen molar-refractivity contribution in [3.05, 3.63) is 35.9 Å². The first-order valence-electron chi connectivity index (χ1n) is 4.83. The molecule has 1 rings (SSSR count). The molecule has 88 valence electrons. The van der Waals surface area contributed by atoms with Crippen LogP contribution < -0.4 is 0 Å². The fraction of sp³-hybridized carbons (Fsp3) is 0.364. The van der Waals surface area contributed by atoms with Crippen LogP contribution in [0, 0.1) is 0 Å². The summed E-state index contributed by atoms with van der Waals surface area (Å²) in [5.41, 5.74) is 0.685. The average Bonchev–Trinajstić information content (AvgIpc) is 2.30. The number of thioether (sulfide) groups is 1. The van der Waals surface area contributed by atoms with Gasteiger partial charge in [0.25, 0.3) is 0 Å². The standard InChI is InChI=1S/C11H14O4S/c12-6-9(13)7-16-10(11(14)15)8-4-2-1-3-5-8/h1-5,9-10,12-13H,6-7H2,(H,14,15). The van der Waals surface area contributed by atoms with Gasteiger partial charge in [-0.25, -0.2) is 0 Å². The summed E-state index contributed by atoms with van der Waals surface area (Å²) in [7, 11) is 0. The summed E-state index contributed by atoms with van der Waals surface area (Å²) in [4.78, 5) is 11.0. The lowest BCUT2D eigenvalue weighted by Gasteiger charge is -2.14. The molecule has 0 spiro atoms. The van der Waals surface area contributed by atoms with Crippen molar-refractivity contribution < 1.29 is 20.1 Å². The van der Waals surface area contributed by atoms with E-state index in [0.29, 0.717) is 5.56 Å². The van der Waals surface area contributed by atoms with Gasteiger partial charge in [-0.2, -0.15) is 0 Å². The summed E-state index contributed by atoms with van der Waals surface area (Å²) < 4.78 is 0. The second kappa shape index (κ2) is 6.52. The summed E-state index contributed by atoms with van der Waals surface area (Å²) in [6.07, 6.45) is -0.879. The topological polar surface area (TPSA) is 77.8 Å². The minimum Gasteiger partial charge on any atom is -0.480 e. The number of hydrogen-bond donors (Lipinski definition) is 3. The first kappa shape index (κ1) is 13.0. The van der Waals surface area contributed by atoms with Crippen molar-refractivity contribution >= 4 is 17.7 Å². The van der Waals surface area contributed by atoms with Gasteiger partial charge in [0.05, 0.1) is 12.7 Å². The molecule has 0 radical (unpaired) electrons. The molecule has 3 N–H and O–H groups in total. The van der Waals surface area contributed by atoms with Crippen molar-refractivity contribution in [2.45, 2.75) is 11.4 Å². The molecular formula is C11H14O4S. The number of carboxylic acid groups (broad SMARTS) is 1. The van der Waals surface area contributed by atoms with Crippen LogP contribution in [0.5, 0.6) is 0 Å². The fourth-order valence-corrected chi connectivity index (χ4v) is 2.21. The Balaban J connectivity index is 2.66. The van der Waals surface area contributed by atoms with E-state index < -0.39 is 17.3 Å². The molecule has 2 atom stereocenters. The van der Waals surface area contributed by atoms with Crippen LogP contribution in [0.1, 0.15) is 10.8 Å². The Morgan fingerprint density at radius 3 is 2.44 bits per heavy atom. The van der Waals surface area contributed by atoms with E-state index in [-0.39, 0.29) is 12.4 Å². The van der Waals surface area contributed by atoms with Crippen LogP contribution in [0.25, 0.3) is 0 Å². The molecule has 2 unspecified atom stereocenters. The summed E-state index contributed by atoms with van der Waals surface area (Å²) in [5.74, 6) is -0.746. The second-order valence-corrected chi connectivity index (χ2v) is 4.44. The molecule has 0 amide bonds. The maximum atomic E-state index is 11.0. The van der Waals surface area contributed by atoms with Crippen molar-refractivity contribution in [3.8, 4) is 0 Å². The predicted octanol–water partition coefficient (Wildman–Crippen LogP) is 0.899. The van der Waals surface area contributed by atoms with E-state index in [0.717, 1.165) is 11.8 Å². The van der Waals surface area contributed by atoms with Gasteiger partial charge >= 0.3 is 5.97 Å². The van der Waals surface area contributed by atoms with Gasteiger partial charge in [0.2, 0.25) is 0 Å². The van der Waals surface area contributed by atoms with Crippen LogP contribution in [-0.2, 0) is 4.79 Å². The van der Waals surface area contributed by atoms with Crippen LogP contribution in [0.15, 0.2) is 30.3 Å². The monoisotopic (exact) mass is 242 g/mol. The lowest BCUT2D eigenvalue weighted by atomic mass is 10.1. The maximum absolute atomic E-state index is 11.0. The number of aliphatic hydroxyl groups excluding tert-OH is 2. The molecule has 0 aliphatic carbocycles. The van der Waals surface area contributed by atoms with E-state index in [1.807, 2.05) is 6.07 Å². The van der Waals surface area contributed by atoms with Gasteiger partial charge in [0.1, 0.15) is 5.25 Å². The van der Waals surface area contributed by atoms with Gasteiger partial charge in [0.15, 0.2) is 0 Å². The molecule has 1 aromatic rings. The molecule has 0 heterocycles. The lowest BCUT2D eigenvalue weighted by molar-refractivity contribution is -0.136. The molecule has 0 aliphatic rings. The quantitative estimate of drug-likeness (QED) is 0.691. The van der Waals surface area contributed by atoms with Gasteiger partial charge in [-0.1, -0.05) is 30.3 Å². The molecule has 0 aliphatic heterocycles. The van der Waals surface area contributed by atoms with E-state index in [1.165, 1.54) is 0 Å². The van der Waals surface area contributed by atoms with Crippen molar-refractivity contribution in [2.24, 2.45) is 0 Å². The number of carbonyl (C=O) groups is 1. The number of aliphatic hydroxyl groups is 2. The van der Waals surface area contributed by atoms with Crippen LogP contribution in [0.4, 0.5) is 0 Å². The largest absolute Gasteiger partial charge is 0.480 e. The Labute approximate surface area is 97.9 Å². The first-order chi connectivity index (χ1) is 7.65. The Hall–Kier alpha value is -1.04. The summed E-state index contributed by atoms with van der Waals surface area (Å²) in [5, 5.41) is 26.2. The molecule has 0 fully saturated rings. The van der Waals surface area contributed by atoms with E-state index in [9.17, 15) is 9.90 Å². The van der Waals surface area contributed by atoms with Crippen molar-refractivity contribution in [2.75, 3.05) is 12.4 Å². The molecule has 5 heteroatoms. The van der Waals surface area contributed by atoms with Crippen molar-refractivity contribution in [3.63, 3.8) is 0 Å². The normalized spacial score (nSPS) is 14.4. The van der Waals surface area contributed by atoms with Crippen molar-refractivity contribution in [1.29, 1.82) is 0 Å². The van der Waals surface area contributed by atoms with Gasteiger partial charge in [-0.05, 0) is 5.56 Å². The van der Waals surface area contributed by atoms with E-state index >= 15 is 0 Å². The highest BCUT2D eigenvalue weighted by Gasteiger charge is 2.21. The second-order valence-electron chi connectivity index (χ2n) is 3.30. The zero-order chi connectivity index (χ0) is 12.0. The Morgan fingerprint density at radius 2 is 1.94 bits per heavy atom. The minimum absolute atomic E-state index is 0.197. The average molecular weight is 242 g/mol. The van der Waals surface area contributed by atoms with Crippen LogP contribution in [-0.4, -0.2) is 39.8 Å². The number of rotatable bonds is 6. The molecule has 1 aromatic carbocycles. The van der Waals surface area contributed by atoms with Gasteiger partial charge < -0.3 is 15.3 Å². The Bertz CT molecular complexity index is 328. The minimum atomic E-state index is -0.943. The smallest absolute Gasteiger partial charge is 0.321 e. The highest BCUT2D eigenvalue weighted by atomic mass is 32.2. The Kier molecular flexibility index (Phi) is 5.31. The fourth-order valence-electron chi connectivity index (χ4n) is 1.20. The third kappa shape index (κ3) is 3.84. The number of aliphatic carboxylic acids is 1. The zero-order valence-electron chi connectivity index (χ0n) is 8.61. The molecule has 0 bridgehead atoms. The number of hydrogen-bond acceptors (Lipinski definition) is 4. The van der Waals surface area contributed by atoms with Crippen molar-refractivity contribution in [1.82, 2.24) is 0 Å². The van der Waals surface area contributed by atoms with Crippen LogP contribution in [0.2, 0.25) is 0 Å². The van der Waals surface area contributed by atoms with Crippen LogP contribution >= 0.6 is 11.8 Å². The highest BCUT2D eigenvalue weighted by molar-refractivity contribution is 8.00. The molecule has 0 saturated carbocycles. The summed E-state index contributed by atoms with van der Waals surface area (Å²) >= 11 is 1.11. The van der Waals surface area contributed by atoms with E-state index in [1.54, 1.807) is 24.3 Å². The number of benzene rings is 1. The zero-order valence-corrected chi connectivity index (χ0v) is 9.43. The Morgan fingerprint density at radius 1 is 1.31 bits per heavy atom. The van der Waals surface area contributed by atoms with Gasteiger partial charge in [-0.15, -0.1) is 11.8 Å². The first-order valence-corrected chi connectivity index (χ1v) is 5.88. The third-order valence-corrected chi connectivity index (χ3v) is 3.38. The third-order valence-electron chi connectivity index (χ3n) is 1.99. The SMILES string of the molecule is O=C(O)C(SCC(O)CO)c1ccccc1. The summed E-state index contributed by atoms with van der Waals surface area (Å²) in [6, 6.07) is 8.83. The highest BCUT2D eigenvalue weighted by Crippen LogP contribution is 2.29. The van der Waals surface area contributed by atoms with Gasteiger partial charge in [0, 0.05) is 5.75 Å². The number of carboxylic acids is 1.